The molecule has 0 saturated heterocycles. The van der Waals surface area contributed by atoms with Gasteiger partial charge in [-0.2, -0.15) is 0 Å². The molecule has 2 N–H and O–H groups in total. The van der Waals surface area contributed by atoms with Crippen LogP contribution in [0.15, 0.2) is 0 Å². The molecule has 0 unspecified atom stereocenters. The van der Waals surface area contributed by atoms with Crippen molar-refractivity contribution in [2.75, 3.05) is 6.54 Å². The molecule has 0 atom stereocenters. The van der Waals surface area contributed by atoms with Crippen molar-refractivity contribution in [3.05, 3.63) is 0 Å². The SMILES string of the molecule is CCC(CC)CNC(=O)C1(C(=O)O)CCC1. The Hall–Kier alpha value is -1.06. The molecule has 0 aromatic rings. The van der Waals surface area contributed by atoms with Crippen molar-refractivity contribution >= 4 is 11.9 Å². The second kappa shape index (κ2) is 5.32. The maximum absolute atomic E-state index is 11.8. The summed E-state index contributed by atoms with van der Waals surface area (Å²) in [5.41, 5.74) is -1.12. The van der Waals surface area contributed by atoms with Crippen molar-refractivity contribution in [2.45, 2.75) is 46.0 Å². The van der Waals surface area contributed by atoms with Gasteiger partial charge in [0.2, 0.25) is 5.91 Å². The van der Waals surface area contributed by atoms with Gasteiger partial charge in [-0.1, -0.05) is 33.1 Å². The summed E-state index contributed by atoms with van der Waals surface area (Å²) < 4.78 is 0. The maximum atomic E-state index is 11.8. The smallest absolute Gasteiger partial charge is 0.319 e. The highest BCUT2D eigenvalue weighted by molar-refractivity contribution is 6.02. The highest BCUT2D eigenvalue weighted by atomic mass is 16.4. The van der Waals surface area contributed by atoms with Crippen LogP contribution in [0.2, 0.25) is 0 Å². The first-order chi connectivity index (χ1) is 7.56. The number of carbonyl (C=O) groups is 2. The van der Waals surface area contributed by atoms with E-state index >= 15 is 0 Å². The van der Waals surface area contributed by atoms with E-state index in [2.05, 4.69) is 19.2 Å². The highest BCUT2D eigenvalue weighted by Crippen LogP contribution is 2.41. The molecular weight excluding hydrogens is 206 g/mol. The van der Waals surface area contributed by atoms with Crippen LogP contribution in [0.4, 0.5) is 0 Å². The van der Waals surface area contributed by atoms with Gasteiger partial charge in [-0.05, 0) is 18.8 Å². The molecule has 1 rings (SSSR count). The van der Waals surface area contributed by atoms with Crippen molar-refractivity contribution in [1.82, 2.24) is 5.32 Å². The summed E-state index contributed by atoms with van der Waals surface area (Å²) in [6.07, 6.45) is 3.83. The molecule has 1 aliphatic rings. The molecule has 0 aliphatic heterocycles. The lowest BCUT2D eigenvalue weighted by atomic mass is 9.68. The van der Waals surface area contributed by atoms with E-state index in [-0.39, 0.29) is 5.91 Å². The van der Waals surface area contributed by atoms with Crippen molar-refractivity contribution in [3.63, 3.8) is 0 Å². The second-order valence-corrected chi connectivity index (χ2v) is 4.63. The first-order valence-electron chi connectivity index (χ1n) is 6.08. The number of carboxylic acid groups (broad SMARTS) is 1. The van der Waals surface area contributed by atoms with Crippen LogP contribution in [0.3, 0.4) is 0 Å². The Morgan fingerprint density at radius 2 is 1.88 bits per heavy atom. The minimum Gasteiger partial charge on any atom is -0.480 e. The summed E-state index contributed by atoms with van der Waals surface area (Å²) in [7, 11) is 0. The summed E-state index contributed by atoms with van der Waals surface area (Å²) >= 11 is 0. The van der Waals surface area contributed by atoms with E-state index in [4.69, 9.17) is 5.11 Å². The summed E-state index contributed by atoms with van der Waals surface area (Å²) in [6.45, 7) is 4.76. The topological polar surface area (TPSA) is 66.4 Å². The van der Waals surface area contributed by atoms with Gasteiger partial charge in [0.1, 0.15) is 5.41 Å². The molecule has 4 nitrogen and oxygen atoms in total. The maximum Gasteiger partial charge on any atom is 0.319 e. The lowest BCUT2D eigenvalue weighted by Crippen LogP contribution is -2.51. The van der Waals surface area contributed by atoms with Crippen molar-refractivity contribution < 1.29 is 14.7 Å². The first kappa shape index (κ1) is 13.0. The Balaban J connectivity index is 2.48. The third-order valence-electron chi connectivity index (χ3n) is 3.76. The van der Waals surface area contributed by atoms with Gasteiger partial charge in [0.25, 0.3) is 0 Å². The van der Waals surface area contributed by atoms with Crippen molar-refractivity contribution in [3.8, 4) is 0 Å². The zero-order valence-electron chi connectivity index (χ0n) is 10.1. The zero-order chi connectivity index (χ0) is 12.2. The second-order valence-electron chi connectivity index (χ2n) is 4.63. The Kier molecular flexibility index (Phi) is 4.33. The number of carboxylic acids is 1. The number of hydrogen-bond acceptors (Lipinski definition) is 2. The third kappa shape index (κ3) is 2.36. The quantitative estimate of drug-likeness (QED) is 0.680. The van der Waals surface area contributed by atoms with Crippen LogP contribution in [0.25, 0.3) is 0 Å². The molecule has 0 aromatic carbocycles. The van der Waals surface area contributed by atoms with Crippen LogP contribution in [-0.4, -0.2) is 23.5 Å². The van der Waals surface area contributed by atoms with E-state index in [0.29, 0.717) is 25.3 Å². The molecule has 1 saturated carbocycles. The molecule has 16 heavy (non-hydrogen) atoms. The van der Waals surface area contributed by atoms with E-state index in [1.54, 1.807) is 0 Å². The van der Waals surface area contributed by atoms with Gasteiger partial charge >= 0.3 is 5.97 Å². The molecule has 0 radical (unpaired) electrons. The molecule has 0 spiro atoms. The standard InChI is InChI=1S/C12H21NO3/c1-3-9(4-2)8-13-10(14)12(11(15)16)6-5-7-12/h9H,3-8H2,1-2H3,(H,13,14)(H,15,16). The summed E-state index contributed by atoms with van der Waals surface area (Å²) in [5.74, 6) is -0.811. The van der Waals surface area contributed by atoms with Crippen LogP contribution in [0.1, 0.15) is 46.0 Å². The normalized spacial score (nSPS) is 17.9. The number of rotatable bonds is 6. The number of amides is 1. The number of aliphatic carboxylic acids is 1. The van der Waals surface area contributed by atoms with Crippen molar-refractivity contribution in [1.29, 1.82) is 0 Å². The van der Waals surface area contributed by atoms with Crippen LogP contribution in [0, 0.1) is 11.3 Å². The Bertz CT molecular complexity index is 267. The molecule has 1 amide bonds. The monoisotopic (exact) mass is 227 g/mol. The molecule has 0 bridgehead atoms. The number of nitrogens with one attached hydrogen (secondary N) is 1. The minimum absolute atomic E-state index is 0.293. The molecular formula is C12H21NO3. The van der Waals surface area contributed by atoms with Gasteiger partial charge in [-0.25, -0.2) is 0 Å². The predicted octanol–water partition coefficient (Wildman–Crippen LogP) is 1.79. The largest absolute Gasteiger partial charge is 0.480 e. The zero-order valence-corrected chi connectivity index (χ0v) is 10.1. The van der Waals surface area contributed by atoms with E-state index in [1.807, 2.05) is 0 Å². The Morgan fingerprint density at radius 1 is 1.31 bits per heavy atom. The predicted molar refractivity (Wildman–Crippen MR) is 61.0 cm³/mol. The molecule has 92 valence electrons. The minimum atomic E-state index is -1.12. The van der Waals surface area contributed by atoms with Gasteiger partial charge in [-0.15, -0.1) is 0 Å². The van der Waals surface area contributed by atoms with Crippen LogP contribution in [-0.2, 0) is 9.59 Å². The first-order valence-corrected chi connectivity index (χ1v) is 6.08. The van der Waals surface area contributed by atoms with Gasteiger partial charge in [0.15, 0.2) is 0 Å². The fraction of sp³-hybridized carbons (Fsp3) is 0.833. The summed E-state index contributed by atoms with van der Waals surface area (Å²) in [4.78, 5) is 22.9. The van der Waals surface area contributed by atoms with Crippen LogP contribution >= 0.6 is 0 Å². The molecule has 1 aliphatic carbocycles. The number of carbonyl (C=O) groups excluding carboxylic acids is 1. The fourth-order valence-electron chi connectivity index (χ4n) is 2.05. The van der Waals surface area contributed by atoms with Gasteiger partial charge in [0.05, 0.1) is 0 Å². The molecule has 1 fully saturated rings. The van der Waals surface area contributed by atoms with Crippen molar-refractivity contribution in [2.24, 2.45) is 11.3 Å². The van der Waals surface area contributed by atoms with Gasteiger partial charge < -0.3 is 10.4 Å². The van der Waals surface area contributed by atoms with E-state index in [0.717, 1.165) is 19.3 Å². The third-order valence-corrected chi connectivity index (χ3v) is 3.76. The average molecular weight is 227 g/mol. The number of hydrogen-bond donors (Lipinski definition) is 2. The average Bonchev–Trinajstić information content (AvgIpc) is 2.16. The Morgan fingerprint density at radius 3 is 2.19 bits per heavy atom. The van der Waals surface area contributed by atoms with Crippen LogP contribution < -0.4 is 5.32 Å². The van der Waals surface area contributed by atoms with E-state index < -0.39 is 11.4 Å². The highest BCUT2D eigenvalue weighted by Gasteiger charge is 2.51. The molecule has 0 aromatic heterocycles. The molecule has 0 heterocycles. The van der Waals surface area contributed by atoms with E-state index in [1.165, 1.54) is 0 Å². The fourth-order valence-corrected chi connectivity index (χ4v) is 2.05. The summed E-state index contributed by atoms with van der Waals surface area (Å²) in [6, 6.07) is 0. The lowest BCUT2D eigenvalue weighted by molar-refractivity contribution is -0.162. The van der Waals surface area contributed by atoms with E-state index in [9.17, 15) is 9.59 Å². The summed E-state index contributed by atoms with van der Waals surface area (Å²) in [5, 5.41) is 11.9. The molecule has 4 heteroatoms. The lowest BCUT2D eigenvalue weighted by Gasteiger charge is -2.36. The van der Waals surface area contributed by atoms with Gasteiger partial charge in [-0.3, -0.25) is 9.59 Å². The van der Waals surface area contributed by atoms with Gasteiger partial charge in [0, 0.05) is 6.54 Å². The van der Waals surface area contributed by atoms with Crippen LogP contribution in [0.5, 0.6) is 0 Å². The Labute approximate surface area is 96.4 Å².